The van der Waals surface area contributed by atoms with E-state index in [9.17, 15) is 14.0 Å². The van der Waals surface area contributed by atoms with Crippen LogP contribution in [0.15, 0.2) is 30.5 Å². The van der Waals surface area contributed by atoms with Gasteiger partial charge in [0.1, 0.15) is 12.4 Å². The molecule has 1 aromatic heterocycles. The van der Waals surface area contributed by atoms with Crippen molar-refractivity contribution in [1.82, 2.24) is 20.6 Å². The van der Waals surface area contributed by atoms with Crippen LogP contribution in [0.3, 0.4) is 0 Å². The Morgan fingerprint density at radius 1 is 1.13 bits per heavy atom. The molecule has 0 atom stereocenters. The maximum atomic E-state index is 14.4. The first kappa shape index (κ1) is 22.9. The number of carbonyl (C=O) groups excluding carboxylic acids is 2. The van der Waals surface area contributed by atoms with E-state index in [-0.39, 0.29) is 12.6 Å². The molecule has 0 saturated carbocycles. The van der Waals surface area contributed by atoms with Crippen LogP contribution in [-0.2, 0) is 6.61 Å². The number of amides is 4. The molecule has 1 aromatic carbocycles. The van der Waals surface area contributed by atoms with Crippen LogP contribution in [0.5, 0.6) is 11.8 Å². The van der Waals surface area contributed by atoms with Crippen molar-refractivity contribution in [2.24, 2.45) is 0 Å². The Morgan fingerprint density at radius 2 is 1.80 bits per heavy atom. The first-order chi connectivity index (χ1) is 14.5. The van der Waals surface area contributed by atoms with Gasteiger partial charge in [0.05, 0.1) is 13.3 Å². The summed E-state index contributed by atoms with van der Waals surface area (Å²) in [5.74, 6) is -0.766. The summed E-state index contributed by atoms with van der Waals surface area (Å²) in [7, 11) is 1.55. The van der Waals surface area contributed by atoms with Gasteiger partial charge in [0.2, 0.25) is 0 Å². The van der Waals surface area contributed by atoms with E-state index in [0.717, 1.165) is 11.8 Å². The molecule has 1 heterocycles. The molecule has 0 saturated heterocycles. The Kier molecular flexibility index (Phi) is 8.79. The molecular weight excluding hydrogens is 393 g/mol. The van der Waals surface area contributed by atoms with E-state index in [4.69, 9.17) is 9.47 Å². The van der Waals surface area contributed by atoms with Gasteiger partial charge in [-0.25, -0.2) is 19.0 Å². The zero-order valence-electron chi connectivity index (χ0n) is 17.3. The van der Waals surface area contributed by atoms with Crippen molar-refractivity contribution < 1.29 is 23.5 Å². The molecule has 162 valence electrons. The van der Waals surface area contributed by atoms with E-state index < -0.39 is 23.7 Å². The fraction of sp³-hybridized carbons (Fsp3) is 0.400. The third kappa shape index (κ3) is 6.29. The lowest BCUT2D eigenvalue weighted by molar-refractivity contribution is 0.233. The van der Waals surface area contributed by atoms with Crippen LogP contribution in [-0.4, -0.2) is 42.2 Å². The standard InChI is InChI=1S/C20H26FN5O4/c1-4-9-22-19(27)26(20(28)23-10-5-2)17-16(21)12-24-18(25-17)30-13-14-7-6-8-15(11-14)29-3/h6-8,11-12H,4-5,9-10,13H2,1-3H3,(H,22,27)(H,23,28). The monoisotopic (exact) mass is 419 g/mol. The minimum atomic E-state index is -0.929. The molecule has 2 N–H and O–H groups in total. The number of nitrogens with one attached hydrogen (secondary N) is 2. The average molecular weight is 419 g/mol. The summed E-state index contributed by atoms with van der Waals surface area (Å²) in [5.41, 5.74) is 0.780. The Bertz CT molecular complexity index is 845. The summed E-state index contributed by atoms with van der Waals surface area (Å²) in [6.45, 7) is 4.45. The van der Waals surface area contributed by atoms with Gasteiger partial charge in [0, 0.05) is 13.1 Å². The fourth-order valence-electron chi connectivity index (χ4n) is 2.39. The van der Waals surface area contributed by atoms with Gasteiger partial charge in [-0.3, -0.25) is 0 Å². The Hall–Kier alpha value is -3.43. The van der Waals surface area contributed by atoms with Gasteiger partial charge < -0.3 is 20.1 Å². The van der Waals surface area contributed by atoms with Crippen molar-refractivity contribution >= 4 is 17.9 Å². The van der Waals surface area contributed by atoms with Crippen molar-refractivity contribution in [3.05, 3.63) is 41.8 Å². The molecule has 0 spiro atoms. The fourth-order valence-corrected chi connectivity index (χ4v) is 2.39. The predicted octanol–water partition coefficient (Wildman–Crippen LogP) is 3.25. The van der Waals surface area contributed by atoms with Crippen molar-refractivity contribution in [3.8, 4) is 11.8 Å². The molecule has 10 heteroatoms. The lowest BCUT2D eigenvalue weighted by Crippen LogP contribution is -2.50. The Labute approximate surface area is 174 Å². The summed E-state index contributed by atoms with van der Waals surface area (Å²) < 4.78 is 25.1. The van der Waals surface area contributed by atoms with Crippen LogP contribution in [0.2, 0.25) is 0 Å². The van der Waals surface area contributed by atoms with Gasteiger partial charge in [0.15, 0.2) is 11.6 Å². The molecule has 2 rings (SSSR count). The number of hydrogen-bond donors (Lipinski definition) is 2. The van der Waals surface area contributed by atoms with Crippen LogP contribution in [0.1, 0.15) is 32.3 Å². The van der Waals surface area contributed by atoms with Gasteiger partial charge in [-0.2, -0.15) is 9.88 Å². The molecule has 0 aliphatic carbocycles. The number of aromatic nitrogens is 2. The number of imide groups is 1. The zero-order valence-corrected chi connectivity index (χ0v) is 17.3. The number of halogens is 1. The number of hydrogen-bond acceptors (Lipinski definition) is 6. The highest BCUT2D eigenvalue weighted by Gasteiger charge is 2.28. The van der Waals surface area contributed by atoms with E-state index in [2.05, 4.69) is 20.6 Å². The maximum Gasteiger partial charge on any atom is 0.331 e. The molecule has 0 unspecified atom stereocenters. The van der Waals surface area contributed by atoms with E-state index in [1.54, 1.807) is 25.3 Å². The third-order valence-corrected chi connectivity index (χ3v) is 3.88. The second-order valence-electron chi connectivity index (χ2n) is 6.26. The van der Waals surface area contributed by atoms with Crippen molar-refractivity contribution in [2.45, 2.75) is 33.3 Å². The first-order valence-electron chi connectivity index (χ1n) is 9.64. The van der Waals surface area contributed by atoms with Crippen LogP contribution in [0.25, 0.3) is 0 Å². The second-order valence-corrected chi connectivity index (χ2v) is 6.26. The lowest BCUT2D eigenvalue weighted by atomic mass is 10.2. The van der Waals surface area contributed by atoms with Crippen molar-refractivity contribution in [2.75, 3.05) is 25.1 Å². The third-order valence-electron chi connectivity index (χ3n) is 3.88. The molecular formula is C20H26FN5O4. The summed E-state index contributed by atoms with van der Waals surface area (Å²) >= 11 is 0. The smallest absolute Gasteiger partial charge is 0.331 e. The van der Waals surface area contributed by atoms with Crippen LogP contribution >= 0.6 is 0 Å². The van der Waals surface area contributed by atoms with Gasteiger partial charge >= 0.3 is 18.1 Å². The molecule has 0 aliphatic rings. The molecule has 30 heavy (non-hydrogen) atoms. The van der Waals surface area contributed by atoms with E-state index in [0.29, 0.717) is 36.6 Å². The van der Waals surface area contributed by atoms with E-state index >= 15 is 0 Å². The zero-order chi connectivity index (χ0) is 21.9. The molecule has 4 amide bonds. The summed E-state index contributed by atoms with van der Waals surface area (Å²) in [6.07, 6.45) is 2.16. The van der Waals surface area contributed by atoms with Crippen LogP contribution in [0.4, 0.5) is 19.8 Å². The van der Waals surface area contributed by atoms with E-state index in [1.807, 2.05) is 19.9 Å². The number of methoxy groups -OCH3 is 1. The molecule has 0 bridgehead atoms. The van der Waals surface area contributed by atoms with Crippen molar-refractivity contribution in [1.29, 1.82) is 0 Å². The summed E-state index contributed by atoms with van der Waals surface area (Å²) in [6, 6.07) is 5.42. The summed E-state index contributed by atoms with van der Waals surface area (Å²) in [4.78, 5) is 33.3. The SMILES string of the molecule is CCCNC(=O)N(C(=O)NCCC)c1nc(OCc2cccc(OC)c2)ncc1F. The summed E-state index contributed by atoms with van der Waals surface area (Å²) in [5, 5.41) is 5.10. The second kappa shape index (κ2) is 11.5. The highest BCUT2D eigenvalue weighted by molar-refractivity contribution is 6.12. The highest BCUT2D eigenvalue weighted by atomic mass is 19.1. The number of rotatable bonds is 9. The quantitative estimate of drug-likeness (QED) is 0.646. The average Bonchev–Trinajstić information content (AvgIpc) is 2.76. The topological polar surface area (TPSA) is 106 Å². The highest BCUT2D eigenvalue weighted by Crippen LogP contribution is 2.20. The number of nitrogens with zero attached hydrogens (tertiary/aromatic N) is 3. The van der Waals surface area contributed by atoms with Gasteiger partial charge in [-0.05, 0) is 30.5 Å². The van der Waals surface area contributed by atoms with Gasteiger partial charge in [-0.1, -0.05) is 26.0 Å². The molecule has 2 aromatic rings. The maximum absolute atomic E-state index is 14.4. The molecule has 0 aliphatic heterocycles. The largest absolute Gasteiger partial charge is 0.497 e. The number of urea groups is 2. The first-order valence-corrected chi connectivity index (χ1v) is 9.64. The molecule has 9 nitrogen and oxygen atoms in total. The van der Waals surface area contributed by atoms with E-state index in [1.165, 1.54) is 0 Å². The van der Waals surface area contributed by atoms with Crippen LogP contribution in [0, 0.1) is 5.82 Å². The van der Waals surface area contributed by atoms with Crippen LogP contribution < -0.4 is 25.0 Å². The number of benzene rings is 1. The van der Waals surface area contributed by atoms with Gasteiger partial charge in [-0.15, -0.1) is 0 Å². The molecule has 0 radical (unpaired) electrons. The number of anilines is 1. The predicted molar refractivity (Wildman–Crippen MR) is 109 cm³/mol. The normalized spacial score (nSPS) is 10.3. The minimum Gasteiger partial charge on any atom is -0.497 e. The lowest BCUT2D eigenvalue weighted by Gasteiger charge is -2.21. The van der Waals surface area contributed by atoms with Gasteiger partial charge in [0.25, 0.3) is 0 Å². The van der Waals surface area contributed by atoms with Crippen molar-refractivity contribution in [3.63, 3.8) is 0 Å². The number of carbonyl (C=O) groups is 2. The Balaban J connectivity index is 2.24. The number of ether oxygens (including phenoxy) is 2. The molecule has 0 fully saturated rings. The minimum absolute atomic E-state index is 0.0896. The Morgan fingerprint density at radius 3 is 2.40 bits per heavy atom.